The molecule has 2 aromatic heterocycles. The molecule has 5 rings (SSSR count). The summed E-state index contributed by atoms with van der Waals surface area (Å²) in [7, 11) is 1.41. The maximum atomic E-state index is 15.5. The van der Waals surface area contributed by atoms with Gasteiger partial charge in [-0.15, -0.1) is 5.10 Å². The van der Waals surface area contributed by atoms with Crippen molar-refractivity contribution in [2.24, 2.45) is 5.92 Å². The van der Waals surface area contributed by atoms with Crippen LogP contribution in [0.1, 0.15) is 68.1 Å². The molecule has 1 aliphatic carbocycles. The Labute approximate surface area is 213 Å². The first-order valence-electron chi connectivity index (χ1n) is 12.8. The van der Waals surface area contributed by atoms with Crippen molar-refractivity contribution in [3.8, 4) is 17.3 Å². The Morgan fingerprint density at radius 2 is 1.92 bits per heavy atom. The molecule has 1 fully saturated rings. The molecular weight excluding hydrogens is 479 g/mol. The van der Waals surface area contributed by atoms with Gasteiger partial charge < -0.3 is 14.8 Å². The maximum absolute atomic E-state index is 15.5. The highest BCUT2D eigenvalue weighted by atomic mass is 19.1. The Morgan fingerprint density at radius 3 is 2.68 bits per heavy atom. The Balaban J connectivity index is 1.54. The third kappa shape index (κ3) is 5.07. The molecule has 0 saturated heterocycles. The molecule has 0 radical (unpaired) electrons. The molecule has 37 heavy (non-hydrogen) atoms. The molecule has 10 nitrogen and oxygen atoms in total. The number of ether oxygens (including phenoxy) is 2. The second kappa shape index (κ2) is 10.7. The fourth-order valence-electron chi connectivity index (χ4n) is 5.17. The van der Waals surface area contributed by atoms with Gasteiger partial charge in [-0.1, -0.05) is 19.3 Å². The molecule has 196 valence electrons. The van der Waals surface area contributed by atoms with E-state index in [0.29, 0.717) is 24.7 Å². The summed E-state index contributed by atoms with van der Waals surface area (Å²) >= 11 is 0. The molecule has 1 aliphatic heterocycles. The molecule has 11 heteroatoms. The van der Waals surface area contributed by atoms with E-state index >= 15 is 4.39 Å². The van der Waals surface area contributed by atoms with Gasteiger partial charge in [0.25, 0.3) is 11.8 Å². The molecule has 1 saturated carbocycles. The first-order chi connectivity index (χ1) is 18.0. The van der Waals surface area contributed by atoms with Crippen molar-refractivity contribution in [2.45, 2.75) is 70.9 Å². The van der Waals surface area contributed by atoms with Crippen LogP contribution in [0.5, 0.6) is 11.6 Å². The minimum absolute atomic E-state index is 0.0198. The normalized spacial score (nSPS) is 16.6. The number of methoxy groups -OCH3 is 1. The number of aromatic nitrogens is 5. The number of nitrogens with zero attached hydrogens (tertiary/aromatic N) is 5. The lowest BCUT2D eigenvalue weighted by Crippen LogP contribution is -2.28. The smallest absolute Gasteiger partial charge is 0.350 e. The van der Waals surface area contributed by atoms with Crippen molar-refractivity contribution in [1.82, 2.24) is 24.3 Å². The van der Waals surface area contributed by atoms with Gasteiger partial charge in [-0.05, 0) is 44.6 Å². The minimum Gasteiger partial charge on any atom is -0.490 e. The first-order valence-corrected chi connectivity index (χ1v) is 12.8. The number of hydrogen-bond donors (Lipinski definition) is 1. The van der Waals surface area contributed by atoms with Crippen LogP contribution in [-0.2, 0) is 13.0 Å². The standard InChI is InChI=1S/C26H31FN6O4/c1-16(17-8-4-3-5-9-17)37-21-15-20(33-26(35)32-13-7-6-10-22(32)31-33)19(27)14-18(21)24(34)30-23-25(36-2)29-12-11-28-23/h11-12,14-17H,3-10,13H2,1-2H3,(H,28,30,34)/t16-/m0/s1. The minimum atomic E-state index is -0.758. The van der Waals surface area contributed by atoms with E-state index < -0.39 is 17.4 Å². The van der Waals surface area contributed by atoms with E-state index in [2.05, 4.69) is 20.4 Å². The monoisotopic (exact) mass is 510 g/mol. The van der Waals surface area contributed by atoms with Crippen LogP contribution in [0, 0.1) is 11.7 Å². The summed E-state index contributed by atoms with van der Waals surface area (Å²) in [6.45, 7) is 2.52. The lowest BCUT2D eigenvalue weighted by atomic mass is 9.86. The largest absolute Gasteiger partial charge is 0.490 e. The van der Waals surface area contributed by atoms with Crippen molar-refractivity contribution in [3.05, 3.63) is 52.2 Å². The number of nitrogens with one attached hydrogen (secondary N) is 1. The summed E-state index contributed by atoms with van der Waals surface area (Å²) in [4.78, 5) is 34.5. The van der Waals surface area contributed by atoms with E-state index in [0.717, 1.165) is 49.3 Å². The van der Waals surface area contributed by atoms with Crippen LogP contribution < -0.4 is 20.5 Å². The van der Waals surface area contributed by atoms with E-state index in [1.807, 2.05) is 6.92 Å². The van der Waals surface area contributed by atoms with E-state index in [9.17, 15) is 9.59 Å². The van der Waals surface area contributed by atoms with E-state index in [-0.39, 0.29) is 34.8 Å². The summed E-state index contributed by atoms with van der Waals surface area (Å²) in [6, 6.07) is 2.49. The maximum Gasteiger partial charge on any atom is 0.350 e. The van der Waals surface area contributed by atoms with E-state index in [1.54, 1.807) is 4.57 Å². The Bertz CT molecular complexity index is 1350. The second-order valence-electron chi connectivity index (χ2n) is 9.61. The van der Waals surface area contributed by atoms with Gasteiger partial charge >= 0.3 is 5.69 Å². The van der Waals surface area contributed by atoms with Crippen LogP contribution in [-0.4, -0.2) is 43.4 Å². The zero-order chi connectivity index (χ0) is 25.9. The van der Waals surface area contributed by atoms with Crippen LogP contribution in [0.25, 0.3) is 5.69 Å². The highest BCUT2D eigenvalue weighted by Crippen LogP contribution is 2.32. The van der Waals surface area contributed by atoms with Crippen LogP contribution >= 0.6 is 0 Å². The first kappa shape index (κ1) is 24.9. The number of fused-ring (bicyclic) bond motifs is 1. The summed E-state index contributed by atoms with van der Waals surface area (Å²) in [5.74, 6) is -0.0400. The third-order valence-corrected chi connectivity index (χ3v) is 7.21. The number of rotatable bonds is 7. The van der Waals surface area contributed by atoms with Crippen molar-refractivity contribution in [1.29, 1.82) is 0 Å². The number of benzene rings is 1. The zero-order valence-corrected chi connectivity index (χ0v) is 21.1. The topological polar surface area (TPSA) is 113 Å². The summed E-state index contributed by atoms with van der Waals surface area (Å²) in [6.07, 6.45) is 10.6. The van der Waals surface area contributed by atoms with Gasteiger partial charge in [-0.2, -0.15) is 4.68 Å². The molecule has 1 atom stereocenters. The fraction of sp³-hybridized carbons (Fsp3) is 0.500. The SMILES string of the molecule is COc1nccnc1NC(=O)c1cc(F)c(-n2nc3n(c2=O)CCCC3)cc1O[C@@H](C)C1CCCCC1. The molecule has 1 amide bonds. The van der Waals surface area contributed by atoms with Crippen molar-refractivity contribution >= 4 is 11.7 Å². The number of anilines is 1. The van der Waals surface area contributed by atoms with Crippen molar-refractivity contribution in [3.63, 3.8) is 0 Å². The lowest BCUT2D eigenvalue weighted by molar-refractivity contribution is 0.0996. The van der Waals surface area contributed by atoms with Crippen molar-refractivity contribution in [2.75, 3.05) is 12.4 Å². The molecule has 2 aliphatic rings. The van der Waals surface area contributed by atoms with Gasteiger partial charge in [0.2, 0.25) is 0 Å². The van der Waals surface area contributed by atoms with Crippen LogP contribution in [0.4, 0.5) is 10.2 Å². The van der Waals surface area contributed by atoms with E-state index in [1.165, 1.54) is 32.0 Å². The van der Waals surface area contributed by atoms with Crippen LogP contribution in [0.2, 0.25) is 0 Å². The molecule has 0 spiro atoms. The highest BCUT2D eigenvalue weighted by Gasteiger charge is 2.27. The second-order valence-corrected chi connectivity index (χ2v) is 9.61. The molecular formula is C26H31FN6O4. The van der Waals surface area contributed by atoms with Gasteiger partial charge in [-0.3, -0.25) is 9.36 Å². The number of carbonyl (C=O) groups excluding carboxylic acids is 1. The van der Waals surface area contributed by atoms with Gasteiger partial charge in [-0.25, -0.2) is 19.2 Å². The molecule has 0 bridgehead atoms. The van der Waals surface area contributed by atoms with Gasteiger partial charge in [0.1, 0.15) is 23.1 Å². The Hall–Kier alpha value is -3.76. The summed E-state index contributed by atoms with van der Waals surface area (Å²) < 4.78 is 29.6. The van der Waals surface area contributed by atoms with Crippen LogP contribution in [0.3, 0.4) is 0 Å². The average molecular weight is 511 g/mol. The quantitative estimate of drug-likeness (QED) is 0.513. The van der Waals surface area contributed by atoms with Gasteiger partial charge in [0.05, 0.1) is 18.8 Å². The number of carbonyl (C=O) groups is 1. The molecule has 1 aromatic carbocycles. The highest BCUT2D eigenvalue weighted by molar-refractivity contribution is 6.06. The predicted octanol–water partition coefficient (Wildman–Crippen LogP) is 3.91. The Kier molecular flexibility index (Phi) is 7.20. The van der Waals surface area contributed by atoms with Crippen LogP contribution in [0.15, 0.2) is 29.3 Å². The summed E-state index contributed by atoms with van der Waals surface area (Å²) in [5.41, 5.74) is -0.471. The number of hydrogen-bond acceptors (Lipinski definition) is 7. The zero-order valence-electron chi connectivity index (χ0n) is 21.1. The predicted molar refractivity (Wildman–Crippen MR) is 134 cm³/mol. The number of halogens is 1. The third-order valence-electron chi connectivity index (χ3n) is 7.21. The van der Waals surface area contributed by atoms with E-state index in [4.69, 9.17) is 9.47 Å². The lowest BCUT2D eigenvalue weighted by Gasteiger charge is -2.29. The molecule has 1 N–H and O–H groups in total. The molecule has 3 heterocycles. The van der Waals surface area contributed by atoms with Crippen molar-refractivity contribution < 1.29 is 18.7 Å². The average Bonchev–Trinajstić information content (AvgIpc) is 3.26. The molecule has 3 aromatic rings. The fourth-order valence-corrected chi connectivity index (χ4v) is 5.17. The molecule has 0 unspecified atom stereocenters. The summed E-state index contributed by atoms with van der Waals surface area (Å²) in [5, 5.41) is 7.03. The number of aryl methyl sites for hydroxylation is 1. The van der Waals surface area contributed by atoms with Gasteiger partial charge in [0.15, 0.2) is 5.82 Å². The van der Waals surface area contributed by atoms with Gasteiger partial charge in [0, 0.05) is 31.4 Å². The Morgan fingerprint density at radius 1 is 1.14 bits per heavy atom. The number of amides is 1.